The molecular formula is C43H41N2+. The fourth-order valence-corrected chi connectivity index (χ4v) is 8.12. The number of benzene rings is 5. The first-order chi connectivity index (χ1) is 21.9. The van der Waals surface area contributed by atoms with Gasteiger partial charge in [-0.2, -0.15) is 4.58 Å². The maximum atomic E-state index is 4.14. The summed E-state index contributed by atoms with van der Waals surface area (Å²) in [7, 11) is 4.41. The van der Waals surface area contributed by atoms with Gasteiger partial charge in [-0.25, -0.2) is 0 Å². The molecule has 7 rings (SSSR count). The van der Waals surface area contributed by atoms with E-state index >= 15 is 0 Å². The van der Waals surface area contributed by atoms with Crippen molar-refractivity contribution < 1.29 is 4.58 Å². The summed E-state index contributed by atoms with van der Waals surface area (Å²) in [6.07, 6.45) is 15.1. The van der Waals surface area contributed by atoms with Crippen molar-refractivity contribution in [3.63, 3.8) is 0 Å². The number of likely N-dealkylation sites (N-methyl/N-ethyl adjacent to an activating group) is 1. The quantitative estimate of drug-likeness (QED) is 0.105. The Hall–Kier alpha value is -4.95. The van der Waals surface area contributed by atoms with Crippen molar-refractivity contribution in [3.05, 3.63) is 169 Å². The molecule has 2 heteroatoms. The third kappa shape index (κ3) is 4.59. The highest BCUT2D eigenvalue weighted by Crippen LogP contribution is 2.52. The van der Waals surface area contributed by atoms with E-state index in [1.165, 1.54) is 61.0 Å². The molecule has 0 amide bonds. The fourth-order valence-electron chi connectivity index (χ4n) is 8.12. The number of nitrogens with zero attached hydrogens (tertiary/aromatic N) is 2. The SMILES string of the molecule is C=CCC1(C)\C(=C/C=C/C=C/C2=[N+](C)c3ccc4ccccc4c3C2(C)Cc2ccccc2)N(C)c2ccc3ccccc3c21. The molecule has 2 atom stereocenters. The number of hydrogen-bond acceptors (Lipinski definition) is 1. The summed E-state index contributed by atoms with van der Waals surface area (Å²) in [5.41, 5.74) is 8.98. The zero-order valence-electron chi connectivity index (χ0n) is 26.8. The van der Waals surface area contributed by atoms with E-state index < -0.39 is 0 Å². The average Bonchev–Trinajstić information content (AvgIpc) is 3.40. The molecule has 0 bridgehead atoms. The third-order valence-electron chi connectivity index (χ3n) is 10.2. The van der Waals surface area contributed by atoms with Crippen LogP contribution >= 0.6 is 0 Å². The van der Waals surface area contributed by atoms with Gasteiger partial charge in [-0.3, -0.25) is 0 Å². The van der Waals surface area contributed by atoms with Crippen molar-refractivity contribution in [1.82, 2.24) is 0 Å². The van der Waals surface area contributed by atoms with Crippen molar-refractivity contribution in [2.45, 2.75) is 37.5 Å². The summed E-state index contributed by atoms with van der Waals surface area (Å²) < 4.78 is 2.39. The van der Waals surface area contributed by atoms with Gasteiger partial charge in [0.05, 0.1) is 5.41 Å². The number of anilines is 1. The molecule has 0 aliphatic carbocycles. The van der Waals surface area contributed by atoms with Crippen LogP contribution in [0.5, 0.6) is 0 Å². The van der Waals surface area contributed by atoms with Crippen LogP contribution in [0.2, 0.25) is 0 Å². The Labute approximate surface area is 267 Å². The molecule has 0 aromatic heterocycles. The highest BCUT2D eigenvalue weighted by molar-refractivity contribution is 6.08. The molecule has 2 aliphatic heterocycles. The summed E-state index contributed by atoms with van der Waals surface area (Å²) in [6, 6.07) is 37.5. The first kappa shape index (κ1) is 28.8. The van der Waals surface area contributed by atoms with E-state index in [2.05, 4.69) is 184 Å². The molecule has 0 radical (unpaired) electrons. The van der Waals surface area contributed by atoms with Crippen LogP contribution in [0, 0.1) is 0 Å². The van der Waals surface area contributed by atoms with Gasteiger partial charge in [-0.1, -0.05) is 109 Å². The molecule has 5 aromatic rings. The van der Waals surface area contributed by atoms with Gasteiger partial charge in [0.1, 0.15) is 7.05 Å². The lowest BCUT2D eigenvalue weighted by atomic mass is 9.73. The van der Waals surface area contributed by atoms with E-state index in [9.17, 15) is 0 Å². The molecule has 45 heavy (non-hydrogen) atoms. The van der Waals surface area contributed by atoms with E-state index in [0.717, 1.165) is 12.8 Å². The van der Waals surface area contributed by atoms with E-state index in [4.69, 9.17) is 0 Å². The summed E-state index contributed by atoms with van der Waals surface area (Å²) in [5, 5.41) is 5.23. The standard InChI is InChI=1S/C43H41N2/c1-6-29-42(2)38(44(4)36-27-25-32-19-13-15-21-34(32)40(36)42)23-11-8-12-24-39-43(3,30-31-17-9-7-10-18-31)41-35-22-16-14-20-33(35)26-28-37(41)45(39)5/h6-28H,1,29-30H2,2-5H3/q+1. The highest BCUT2D eigenvalue weighted by Gasteiger charge is 2.47. The van der Waals surface area contributed by atoms with Crippen LogP contribution in [0.1, 0.15) is 37.0 Å². The summed E-state index contributed by atoms with van der Waals surface area (Å²) in [5.74, 6) is 0. The minimum Gasteiger partial charge on any atom is -0.347 e. The van der Waals surface area contributed by atoms with Crippen molar-refractivity contribution in [3.8, 4) is 0 Å². The van der Waals surface area contributed by atoms with Gasteiger partial charge in [0.2, 0.25) is 5.69 Å². The van der Waals surface area contributed by atoms with Gasteiger partial charge in [0.25, 0.3) is 0 Å². The molecule has 2 aliphatic rings. The monoisotopic (exact) mass is 585 g/mol. The van der Waals surface area contributed by atoms with Gasteiger partial charge in [0.15, 0.2) is 5.71 Å². The molecule has 222 valence electrons. The fraction of sp³-hybridized carbons (Fsp3) is 0.186. The van der Waals surface area contributed by atoms with E-state index in [-0.39, 0.29) is 10.8 Å². The van der Waals surface area contributed by atoms with E-state index in [1.54, 1.807) is 0 Å². The number of hydrogen-bond donors (Lipinski definition) is 0. The molecule has 2 unspecified atom stereocenters. The Morgan fingerprint density at radius 2 is 1.36 bits per heavy atom. The second kappa shape index (κ2) is 11.2. The third-order valence-corrected chi connectivity index (χ3v) is 10.2. The molecule has 0 saturated carbocycles. The van der Waals surface area contributed by atoms with Gasteiger partial charge >= 0.3 is 0 Å². The smallest absolute Gasteiger partial charge is 0.210 e. The van der Waals surface area contributed by atoms with Crippen molar-refractivity contribution in [1.29, 1.82) is 0 Å². The first-order valence-corrected chi connectivity index (χ1v) is 16.0. The average molecular weight is 586 g/mol. The molecule has 2 nitrogen and oxygen atoms in total. The second-order valence-corrected chi connectivity index (χ2v) is 13.0. The second-order valence-electron chi connectivity index (χ2n) is 13.0. The van der Waals surface area contributed by atoms with Gasteiger partial charge in [0, 0.05) is 41.6 Å². The molecule has 0 N–H and O–H groups in total. The number of rotatable bonds is 7. The zero-order chi connectivity index (χ0) is 31.2. The lowest BCUT2D eigenvalue weighted by Crippen LogP contribution is -2.33. The predicted molar refractivity (Wildman–Crippen MR) is 193 cm³/mol. The lowest BCUT2D eigenvalue weighted by Gasteiger charge is -2.28. The molecule has 0 fully saturated rings. The zero-order valence-corrected chi connectivity index (χ0v) is 26.8. The summed E-state index contributed by atoms with van der Waals surface area (Å²) in [6.45, 7) is 8.91. The molecule has 5 aromatic carbocycles. The van der Waals surface area contributed by atoms with E-state index in [1.807, 2.05) is 0 Å². The van der Waals surface area contributed by atoms with Crippen LogP contribution in [0.3, 0.4) is 0 Å². The van der Waals surface area contributed by atoms with Crippen molar-refractivity contribution >= 4 is 38.6 Å². The van der Waals surface area contributed by atoms with Crippen LogP contribution in [0.25, 0.3) is 21.5 Å². The Bertz CT molecular complexity index is 2080. The van der Waals surface area contributed by atoms with Gasteiger partial charge in [-0.15, -0.1) is 6.58 Å². The topological polar surface area (TPSA) is 6.25 Å². The Balaban J connectivity index is 1.25. The maximum absolute atomic E-state index is 4.14. The Kier molecular flexibility index (Phi) is 7.17. The highest BCUT2D eigenvalue weighted by atomic mass is 15.2. The number of allylic oxidation sites excluding steroid dienone is 7. The number of fused-ring (bicyclic) bond motifs is 6. The molecule has 2 heterocycles. The predicted octanol–water partition coefficient (Wildman–Crippen LogP) is 10.2. The molecular weight excluding hydrogens is 544 g/mol. The molecule has 0 saturated heterocycles. The van der Waals surface area contributed by atoms with Crippen LogP contribution in [-0.4, -0.2) is 24.4 Å². The van der Waals surface area contributed by atoms with Crippen molar-refractivity contribution in [2.24, 2.45) is 0 Å². The van der Waals surface area contributed by atoms with Crippen LogP contribution in [-0.2, 0) is 17.3 Å². The minimum atomic E-state index is -0.175. The summed E-state index contributed by atoms with van der Waals surface area (Å²) in [4.78, 5) is 2.36. The minimum absolute atomic E-state index is 0.155. The normalized spacial score (nSPS) is 22.0. The van der Waals surface area contributed by atoms with Crippen LogP contribution in [0.4, 0.5) is 11.4 Å². The maximum Gasteiger partial charge on any atom is 0.210 e. The van der Waals surface area contributed by atoms with Gasteiger partial charge in [-0.05, 0) is 77.6 Å². The van der Waals surface area contributed by atoms with Crippen LogP contribution in [0.15, 0.2) is 152 Å². The first-order valence-electron chi connectivity index (χ1n) is 16.0. The van der Waals surface area contributed by atoms with Gasteiger partial charge < -0.3 is 4.90 Å². The van der Waals surface area contributed by atoms with Crippen molar-refractivity contribution in [2.75, 3.05) is 19.0 Å². The Morgan fingerprint density at radius 3 is 2.07 bits per heavy atom. The summed E-state index contributed by atoms with van der Waals surface area (Å²) >= 11 is 0. The van der Waals surface area contributed by atoms with E-state index in [0.29, 0.717) is 0 Å². The lowest BCUT2D eigenvalue weighted by molar-refractivity contribution is -0.401. The largest absolute Gasteiger partial charge is 0.347 e. The van der Waals surface area contributed by atoms with Crippen LogP contribution < -0.4 is 4.90 Å². The molecule has 0 spiro atoms. The Morgan fingerprint density at radius 1 is 0.711 bits per heavy atom.